The first-order chi connectivity index (χ1) is 9.19. The van der Waals surface area contributed by atoms with Crippen molar-refractivity contribution in [1.29, 1.82) is 0 Å². The number of carbonyl (C=O) groups is 1. The van der Waals surface area contributed by atoms with Crippen molar-refractivity contribution in [3.8, 4) is 0 Å². The minimum Gasteiger partial charge on any atom is -0.469 e. The van der Waals surface area contributed by atoms with Gasteiger partial charge in [-0.1, -0.05) is 0 Å². The molecule has 0 bridgehead atoms. The molecule has 2 N–H and O–H groups in total. The van der Waals surface area contributed by atoms with Crippen LogP contribution in [0.3, 0.4) is 0 Å². The van der Waals surface area contributed by atoms with E-state index < -0.39 is 0 Å². The summed E-state index contributed by atoms with van der Waals surface area (Å²) in [7, 11) is 1.39. The van der Waals surface area contributed by atoms with Crippen LogP contribution in [0.25, 0.3) is 0 Å². The lowest BCUT2D eigenvalue weighted by atomic mass is 10.2. The second kappa shape index (κ2) is 6.33. The number of aryl methyl sites for hydroxylation is 1. The highest BCUT2D eigenvalue weighted by molar-refractivity contribution is 7.13. The van der Waals surface area contributed by atoms with Gasteiger partial charge >= 0.3 is 5.97 Å². The highest BCUT2D eigenvalue weighted by atomic mass is 32.1. The Morgan fingerprint density at radius 1 is 1.63 bits per heavy atom. The number of hydrogen-bond donors (Lipinski definition) is 2. The van der Waals surface area contributed by atoms with E-state index in [-0.39, 0.29) is 12.0 Å². The molecule has 0 fully saturated rings. The molecule has 0 spiro atoms. The van der Waals surface area contributed by atoms with Crippen LogP contribution in [0.15, 0.2) is 17.8 Å². The Morgan fingerprint density at radius 2 is 2.47 bits per heavy atom. The number of thiazole rings is 1. The number of nitrogens with one attached hydrogen (secondary N) is 2. The normalized spacial score (nSPS) is 12.1. The average molecular weight is 280 g/mol. The second-order valence-electron chi connectivity index (χ2n) is 4.06. The summed E-state index contributed by atoms with van der Waals surface area (Å²) in [5.41, 5.74) is 0.893. The van der Waals surface area contributed by atoms with Gasteiger partial charge in [0.2, 0.25) is 0 Å². The summed E-state index contributed by atoms with van der Waals surface area (Å²) in [6.07, 6.45) is 4.46. The lowest BCUT2D eigenvalue weighted by molar-refractivity contribution is -0.140. The number of imidazole rings is 1. The molecule has 6 nitrogen and oxygen atoms in total. The molecule has 1 atom stereocenters. The first-order valence-electron chi connectivity index (χ1n) is 5.96. The molecule has 0 aromatic carbocycles. The maximum Gasteiger partial charge on any atom is 0.305 e. The molecule has 0 saturated heterocycles. The van der Waals surface area contributed by atoms with Crippen molar-refractivity contribution in [1.82, 2.24) is 15.0 Å². The SMILES string of the molecule is COC(=O)CCc1csc(NC(C)c2ncc[nH]2)n1. The molecule has 2 heterocycles. The Bertz CT molecular complexity index is 524. The van der Waals surface area contributed by atoms with Gasteiger partial charge in [0.25, 0.3) is 0 Å². The van der Waals surface area contributed by atoms with Gasteiger partial charge in [0.1, 0.15) is 5.82 Å². The van der Waals surface area contributed by atoms with Crippen LogP contribution in [0.1, 0.15) is 30.9 Å². The number of rotatable bonds is 6. The second-order valence-corrected chi connectivity index (χ2v) is 4.92. The molecule has 0 amide bonds. The molecule has 2 aromatic heterocycles. The molecule has 0 aliphatic rings. The Morgan fingerprint density at radius 3 is 3.16 bits per heavy atom. The van der Waals surface area contributed by atoms with E-state index >= 15 is 0 Å². The molecule has 7 heteroatoms. The first kappa shape index (κ1) is 13.5. The van der Waals surface area contributed by atoms with Crippen molar-refractivity contribution in [2.45, 2.75) is 25.8 Å². The Balaban J connectivity index is 1.88. The molecule has 0 aliphatic carbocycles. The predicted octanol–water partition coefficient (Wildman–Crippen LogP) is 2.14. The maximum atomic E-state index is 11.1. The Hall–Kier alpha value is -1.89. The smallest absolute Gasteiger partial charge is 0.305 e. The summed E-state index contributed by atoms with van der Waals surface area (Å²) in [6.45, 7) is 2.01. The van der Waals surface area contributed by atoms with E-state index in [1.807, 2.05) is 12.3 Å². The topological polar surface area (TPSA) is 79.9 Å². The fourth-order valence-electron chi connectivity index (χ4n) is 1.59. The number of ether oxygens (including phenoxy) is 1. The van der Waals surface area contributed by atoms with E-state index in [2.05, 4.69) is 25.0 Å². The zero-order valence-electron chi connectivity index (χ0n) is 10.8. The third-order valence-electron chi connectivity index (χ3n) is 2.63. The van der Waals surface area contributed by atoms with Crippen molar-refractivity contribution in [3.63, 3.8) is 0 Å². The minimum atomic E-state index is -0.216. The fourth-order valence-corrected chi connectivity index (χ4v) is 2.42. The van der Waals surface area contributed by atoms with Crippen molar-refractivity contribution in [3.05, 3.63) is 29.3 Å². The van der Waals surface area contributed by atoms with Crippen LogP contribution in [0.4, 0.5) is 5.13 Å². The summed E-state index contributed by atoms with van der Waals surface area (Å²) >= 11 is 1.52. The average Bonchev–Trinajstić information content (AvgIpc) is 3.07. The quantitative estimate of drug-likeness (QED) is 0.792. The van der Waals surface area contributed by atoms with Gasteiger partial charge in [-0.15, -0.1) is 11.3 Å². The van der Waals surface area contributed by atoms with Gasteiger partial charge in [-0.25, -0.2) is 9.97 Å². The summed E-state index contributed by atoms with van der Waals surface area (Å²) in [6, 6.07) is 0.0645. The predicted molar refractivity (Wildman–Crippen MR) is 73.1 cm³/mol. The van der Waals surface area contributed by atoms with Crippen molar-refractivity contribution < 1.29 is 9.53 Å². The molecule has 0 aliphatic heterocycles. The zero-order chi connectivity index (χ0) is 13.7. The van der Waals surface area contributed by atoms with Gasteiger partial charge in [-0.3, -0.25) is 4.79 Å². The molecule has 102 valence electrons. The highest BCUT2D eigenvalue weighted by Crippen LogP contribution is 2.21. The van der Waals surface area contributed by atoms with Crippen molar-refractivity contribution >= 4 is 22.4 Å². The number of methoxy groups -OCH3 is 1. The summed E-state index contributed by atoms with van der Waals surface area (Å²) in [5, 5.41) is 6.03. The first-order valence-corrected chi connectivity index (χ1v) is 6.84. The van der Waals surface area contributed by atoms with E-state index in [9.17, 15) is 4.79 Å². The van der Waals surface area contributed by atoms with Crippen molar-refractivity contribution in [2.75, 3.05) is 12.4 Å². The van der Waals surface area contributed by atoms with E-state index in [1.165, 1.54) is 18.4 Å². The minimum absolute atomic E-state index is 0.0645. The van der Waals surface area contributed by atoms with Crippen LogP contribution in [0, 0.1) is 0 Å². The number of anilines is 1. The van der Waals surface area contributed by atoms with Crippen LogP contribution in [0.5, 0.6) is 0 Å². The van der Waals surface area contributed by atoms with Gasteiger partial charge in [-0.2, -0.15) is 0 Å². The number of H-pyrrole nitrogens is 1. The molecule has 1 unspecified atom stereocenters. The largest absolute Gasteiger partial charge is 0.469 e. The van der Waals surface area contributed by atoms with Gasteiger partial charge in [-0.05, 0) is 6.92 Å². The monoisotopic (exact) mass is 280 g/mol. The number of carbonyl (C=O) groups excluding carboxylic acids is 1. The van der Waals surface area contributed by atoms with E-state index in [0.717, 1.165) is 16.6 Å². The molecule has 0 radical (unpaired) electrons. The van der Waals surface area contributed by atoms with Crippen LogP contribution < -0.4 is 5.32 Å². The number of esters is 1. The van der Waals surface area contributed by atoms with E-state index in [4.69, 9.17) is 0 Å². The molecular weight excluding hydrogens is 264 g/mol. The van der Waals surface area contributed by atoms with Gasteiger partial charge in [0.15, 0.2) is 5.13 Å². The Kier molecular flexibility index (Phi) is 4.51. The lowest BCUT2D eigenvalue weighted by Crippen LogP contribution is -2.08. The van der Waals surface area contributed by atoms with Crippen LogP contribution in [0.2, 0.25) is 0 Å². The fraction of sp³-hybridized carbons (Fsp3) is 0.417. The van der Waals surface area contributed by atoms with E-state index in [0.29, 0.717) is 12.8 Å². The number of aromatic nitrogens is 3. The summed E-state index contributed by atoms with van der Waals surface area (Å²) in [4.78, 5) is 22.7. The molecule has 2 aromatic rings. The molecular formula is C12H16N4O2S. The lowest BCUT2D eigenvalue weighted by Gasteiger charge is -2.09. The van der Waals surface area contributed by atoms with Crippen LogP contribution in [-0.4, -0.2) is 28.0 Å². The summed E-state index contributed by atoms with van der Waals surface area (Å²) in [5.74, 6) is 0.651. The van der Waals surface area contributed by atoms with E-state index in [1.54, 1.807) is 12.4 Å². The highest BCUT2D eigenvalue weighted by Gasteiger charge is 2.10. The zero-order valence-corrected chi connectivity index (χ0v) is 11.7. The van der Waals surface area contributed by atoms with Crippen LogP contribution in [-0.2, 0) is 16.0 Å². The Labute approximate surface area is 115 Å². The number of hydrogen-bond acceptors (Lipinski definition) is 6. The molecule has 19 heavy (non-hydrogen) atoms. The third-order valence-corrected chi connectivity index (χ3v) is 3.46. The maximum absolute atomic E-state index is 11.1. The van der Waals surface area contributed by atoms with Gasteiger partial charge in [0.05, 0.1) is 25.3 Å². The number of nitrogens with zero attached hydrogens (tertiary/aromatic N) is 2. The summed E-state index contributed by atoms with van der Waals surface area (Å²) < 4.78 is 4.60. The molecule has 2 rings (SSSR count). The standard InChI is InChI=1S/C12H16N4O2S/c1-8(11-13-5-6-14-11)15-12-16-9(7-19-12)3-4-10(17)18-2/h5-8H,3-4H2,1-2H3,(H,13,14)(H,15,16). The molecule has 0 saturated carbocycles. The van der Waals surface area contributed by atoms with Gasteiger partial charge < -0.3 is 15.0 Å². The van der Waals surface area contributed by atoms with Crippen LogP contribution >= 0.6 is 11.3 Å². The van der Waals surface area contributed by atoms with Crippen molar-refractivity contribution in [2.24, 2.45) is 0 Å². The third kappa shape index (κ3) is 3.78. The number of aromatic amines is 1. The van der Waals surface area contributed by atoms with Gasteiger partial charge in [0, 0.05) is 24.2 Å².